The van der Waals surface area contributed by atoms with Gasteiger partial charge >= 0.3 is 6.03 Å². The maximum Gasteiger partial charge on any atom is 0.314 e. The highest BCUT2D eigenvalue weighted by Crippen LogP contribution is 1.89. The predicted molar refractivity (Wildman–Crippen MR) is 90.3 cm³/mol. The third kappa shape index (κ3) is 17.1. The van der Waals surface area contributed by atoms with E-state index in [9.17, 15) is 9.59 Å². The zero-order valence-electron chi connectivity index (χ0n) is 14.9. The van der Waals surface area contributed by atoms with Crippen LogP contribution in [0, 0.1) is 0 Å². The van der Waals surface area contributed by atoms with E-state index in [-0.39, 0.29) is 11.8 Å². The van der Waals surface area contributed by atoms with Crippen LogP contribution in [-0.4, -0.2) is 77.8 Å². The highest BCUT2D eigenvalue weighted by atomic mass is 16.5. The van der Waals surface area contributed by atoms with Gasteiger partial charge in [-0.15, -0.1) is 0 Å². The fraction of sp³-hybridized carbons (Fsp3) is 0.875. The van der Waals surface area contributed by atoms with Gasteiger partial charge in [0, 0.05) is 32.5 Å². The normalized spacial score (nSPS) is 10.6. The molecule has 0 rings (SSSR count). The molecule has 0 spiro atoms. The number of amides is 2. The van der Waals surface area contributed by atoms with E-state index >= 15 is 0 Å². The van der Waals surface area contributed by atoms with E-state index in [1.54, 1.807) is 0 Å². The van der Waals surface area contributed by atoms with Gasteiger partial charge in [0.15, 0.2) is 0 Å². The Labute approximate surface area is 144 Å². The van der Waals surface area contributed by atoms with E-state index in [1.807, 2.05) is 13.8 Å². The molecule has 8 heteroatoms. The number of ether oxygens (including phenoxy) is 4. The number of rotatable bonds is 17. The van der Waals surface area contributed by atoms with Crippen LogP contribution in [0.3, 0.4) is 0 Å². The van der Waals surface area contributed by atoms with Gasteiger partial charge in [0.25, 0.3) is 0 Å². The van der Waals surface area contributed by atoms with Crippen molar-refractivity contribution in [2.75, 3.05) is 65.9 Å². The highest BCUT2D eigenvalue weighted by molar-refractivity contribution is 5.78. The lowest BCUT2D eigenvalue weighted by Gasteiger charge is -2.09. The molecule has 0 saturated carbocycles. The molecule has 0 aromatic heterocycles. The van der Waals surface area contributed by atoms with Crippen LogP contribution in [0.4, 0.5) is 4.79 Å². The summed E-state index contributed by atoms with van der Waals surface area (Å²) in [6, 6.07) is -0.249. The van der Waals surface area contributed by atoms with Crippen molar-refractivity contribution in [2.24, 2.45) is 0 Å². The highest BCUT2D eigenvalue weighted by Gasteiger charge is 1.99. The van der Waals surface area contributed by atoms with Crippen molar-refractivity contribution in [1.29, 1.82) is 0 Å². The number of hydrogen-bond acceptors (Lipinski definition) is 6. The van der Waals surface area contributed by atoms with Crippen LogP contribution in [0.15, 0.2) is 0 Å². The first kappa shape index (κ1) is 22.8. The van der Waals surface area contributed by atoms with E-state index in [1.165, 1.54) is 0 Å². The first-order chi connectivity index (χ1) is 11.7. The van der Waals surface area contributed by atoms with Crippen molar-refractivity contribution < 1.29 is 28.5 Å². The molecule has 142 valence electrons. The Morgan fingerprint density at radius 1 is 0.708 bits per heavy atom. The first-order valence-corrected chi connectivity index (χ1v) is 8.55. The second-order valence-electron chi connectivity index (χ2n) is 4.86. The largest absolute Gasteiger partial charge is 0.379 e. The summed E-state index contributed by atoms with van der Waals surface area (Å²) in [6.07, 6.45) is 1.00. The van der Waals surface area contributed by atoms with E-state index in [4.69, 9.17) is 18.9 Å². The van der Waals surface area contributed by atoms with Crippen molar-refractivity contribution in [3.63, 3.8) is 0 Å². The fourth-order valence-electron chi connectivity index (χ4n) is 1.58. The van der Waals surface area contributed by atoms with Crippen LogP contribution < -0.4 is 10.6 Å². The standard InChI is InChI=1S/C16H32N2O6/c1-3-15(19)5-8-22-13-14-24-10-7-18-16(20)17-6-9-23-12-11-21-4-2/h3-14H2,1-2H3,(H2,17,18,20). The van der Waals surface area contributed by atoms with Gasteiger partial charge in [-0.3, -0.25) is 4.79 Å². The number of hydrogen-bond donors (Lipinski definition) is 2. The van der Waals surface area contributed by atoms with Crippen LogP contribution >= 0.6 is 0 Å². The molecule has 8 nitrogen and oxygen atoms in total. The number of ketones is 1. The second-order valence-corrected chi connectivity index (χ2v) is 4.86. The van der Waals surface area contributed by atoms with Crippen molar-refractivity contribution in [2.45, 2.75) is 26.7 Å². The smallest absolute Gasteiger partial charge is 0.314 e. The third-order valence-corrected chi connectivity index (χ3v) is 2.93. The lowest BCUT2D eigenvalue weighted by atomic mass is 10.2. The summed E-state index contributed by atoms with van der Waals surface area (Å²) in [6.45, 7) is 8.60. The third-order valence-electron chi connectivity index (χ3n) is 2.93. The Balaban J connectivity index is 3.19. The molecule has 0 unspecified atom stereocenters. The van der Waals surface area contributed by atoms with Gasteiger partial charge in [0.05, 0.1) is 46.2 Å². The summed E-state index contributed by atoms with van der Waals surface area (Å²) >= 11 is 0. The van der Waals surface area contributed by atoms with Gasteiger partial charge in [-0.1, -0.05) is 6.92 Å². The van der Waals surface area contributed by atoms with Crippen molar-refractivity contribution in [1.82, 2.24) is 10.6 Å². The van der Waals surface area contributed by atoms with Crippen LogP contribution in [-0.2, 0) is 23.7 Å². The predicted octanol–water partition coefficient (Wildman–Crippen LogP) is 0.741. The van der Waals surface area contributed by atoms with Gasteiger partial charge in [-0.25, -0.2) is 4.79 Å². The van der Waals surface area contributed by atoms with Gasteiger partial charge < -0.3 is 29.6 Å². The average Bonchev–Trinajstić information content (AvgIpc) is 2.59. The maximum absolute atomic E-state index is 11.4. The molecule has 0 aliphatic rings. The number of nitrogens with one attached hydrogen (secondary N) is 2. The molecule has 0 radical (unpaired) electrons. The fourth-order valence-corrected chi connectivity index (χ4v) is 1.58. The van der Waals surface area contributed by atoms with Crippen LogP contribution in [0.5, 0.6) is 0 Å². The molecule has 0 atom stereocenters. The van der Waals surface area contributed by atoms with Gasteiger partial charge in [-0.2, -0.15) is 0 Å². The molecule has 0 aromatic carbocycles. The zero-order chi connectivity index (χ0) is 17.9. The van der Waals surface area contributed by atoms with Gasteiger partial charge in [0.1, 0.15) is 5.78 Å². The molecule has 0 aromatic rings. The van der Waals surface area contributed by atoms with E-state index < -0.39 is 0 Å². The second kappa shape index (κ2) is 18.1. The van der Waals surface area contributed by atoms with E-state index in [0.717, 1.165) is 0 Å². The Morgan fingerprint density at radius 3 is 1.71 bits per heavy atom. The van der Waals surface area contributed by atoms with Crippen LogP contribution in [0.1, 0.15) is 26.7 Å². The van der Waals surface area contributed by atoms with Gasteiger partial charge in [-0.05, 0) is 6.92 Å². The molecule has 0 aliphatic carbocycles. The molecule has 0 aliphatic heterocycles. The Kier molecular flexibility index (Phi) is 17.2. The summed E-state index contributed by atoms with van der Waals surface area (Å²) in [5.74, 6) is 0.200. The SMILES string of the molecule is CCOCCOCCNC(=O)NCCOCCOCCC(=O)CC. The van der Waals surface area contributed by atoms with Crippen molar-refractivity contribution in [3.05, 3.63) is 0 Å². The molecular weight excluding hydrogens is 316 g/mol. The zero-order valence-corrected chi connectivity index (χ0v) is 14.9. The molecule has 2 amide bonds. The number of carbonyl (C=O) groups is 2. The maximum atomic E-state index is 11.4. The lowest BCUT2D eigenvalue weighted by molar-refractivity contribution is -0.119. The number of urea groups is 1. The topological polar surface area (TPSA) is 95.1 Å². The Bertz CT molecular complexity index is 315. The minimum absolute atomic E-state index is 0.200. The Hall–Kier alpha value is -1.22. The average molecular weight is 348 g/mol. The summed E-state index contributed by atoms with van der Waals surface area (Å²) in [5, 5.41) is 5.36. The van der Waals surface area contributed by atoms with Crippen LogP contribution in [0.2, 0.25) is 0 Å². The molecular formula is C16H32N2O6. The quantitative estimate of drug-likeness (QED) is 0.377. The molecule has 0 fully saturated rings. The molecule has 24 heavy (non-hydrogen) atoms. The van der Waals surface area contributed by atoms with Crippen molar-refractivity contribution >= 4 is 11.8 Å². The minimum atomic E-state index is -0.249. The molecule has 0 bridgehead atoms. The molecule has 0 saturated heterocycles. The number of Topliss-reactive ketones (excluding diaryl/α,β-unsaturated/α-hetero) is 1. The van der Waals surface area contributed by atoms with Crippen LogP contribution in [0.25, 0.3) is 0 Å². The van der Waals surface area contributed by atoms with E-state index in [2.05, 4.69) is 10.6 Å². The minimum Gasteiger partial charge on any atom is -0.379 e. The Morgan fingerprint density at radius 2 is 1.21 bits per heavy atom. The summed E-state index contributed by atoms with van der Waals surface area (Å²) in [7, 11) is 0. The lowest BCUT2D eigenvalue weighted by Crippen LogP contribution is -2.39. The number of carbonyl (C=O) groups excluding carboxylic acids is 2. The summed E-state index contributed by atoms with van der Waals surface area (Å²) in [5.41, 5.74) is 0. The first-order valence-electron chi connectivity index (χ1n) is 8.55. The monoisotopic (exact) mass is 348 g/mol. The van der Waals surface area contributed by atoms with E-state index in [0.29, 0.717) is 78.8 Å². The summed E-state index contributed by atoms with van der Waals surface area (Å²) < 4.78 is 21.0. The summed E-state index contributed by atoms with van der Waals surface area (Å²) in [4.78, 5) is 22.5. The van der Waals surface area contributed by atoms with Crippen molar-refractivity contribution in [3.8, 4) is 0 Å². The molecule has 2 N–H and O–H groups in total. The van der Waals surface area contributed by atoms with Gasteiger partial charge in [0.2, 0.25) is 0 Å². The molecule has 0 heterocycles.